The van der Waals surface area contributed by atoms with Crippen molar-refractivity contribution in [3.8, 4) is 11.5 Å². The molecule has 0 aliphatic carbocycles. The molecule has 0 aromatic heterocycles. The van der Waals surface area contributed by atoms with Gasteiger partial charge in [-0.3, -0.25) is 19.7 Å². The summed E-state index contributed by atoms with van der Waals surface area (Å²) in [6.07, 6.45) is 1.74. The molecule has 25 heavy (non-hydrogen) atoms. The van der Waals surface area contributed by atoms with Gasteiger partial charge in [-0.15, -0.1) is 0 Å². The second-order valence-electron chi connectivity index (χ2n) is 5.27. The molecular weight excluding hydrogens is 326 g/mol. The number of ether oxygens (including phenoxy) is 2. The summed E-state index contributed by atoms with van der Waals surface area (Å²) in [5.41, 5.74) is 0.926. The highest BCUT2D eigenvalue weighted by atomic mass is 16.6. The number of allylic oxidation sites excluding steroid dienone is 1. The molecule has 126 valence electrons. The van der Waals surface area contributed by atoms with Crippen LogP contribution in [0.15, 0.2) is 48.2 Å². The van der Waals surface area contributed by atoms with Crippen molar-refractivity contribution in [1.82, 2.24) is 0 Å². The van der Waals surface area contributed by atoms with Gasteiger partial charge in [-0.1, -0.05) is 6.92 Å². The number of non-ortho nitro benzene ring substituents is 1. The molecule has 3 rings (SSSR count). The van der Waals surface area contributed by atoms with Crippen LogP contribution < -0.4 is 9.47 Å². The number of ketones is 1. The maximum Gasteiger partial charge on any atom is 0.310 e. The number of hydrogen-bond acceptors (Lipinski definition) is 6. The molecule has 1 aliphatic rings. The third-order valence-corrected chi connectivity index (χ3v) is 3.56. The van der Waals surface area contributed by atoms with Crippen LogP contribution in [0, 0.1) is 10.1 Å². The van der Waals surface area contributed by atoms with Crippen LogP contribution in [0.2, 0.25) is 0 Å². The number of carbonyl (C=O) groups excluding carboxylic acids is 2. The largest absolute Gasteiger partial charge is 0.452 e. The van der Waals surface area contributed by atoms with E-state index in [-0.39, 0.29) is 29.6 Å². The predicted molar refractivity (Wildman–Crippen MR) is 88.4 cm³/mol. The summed E-state index contributed by atoms with van der Waals surface area (Å²) in [7, 11) is 0. The molecule has 2 aromatic carbocycles. The van der Waals surface area contributed by atoms with Crippen molar-refractivity contribution in [2.75, 3.05) is 0 Å². The van der Waals surface area contributed by atoms with E-state index in [0.29, 0.717) is 22.6 Å². The van der Waals surface area contributed by atoms with Crippen molar-refractivity contribution in [1.29, 1.82) is 0 Å². The number of rotatable bonds is 4. The van der Waals surface area contributed by atoms with E-state index in [9.17, 15) is 19.7 Å². The highest BCUT2D eigenvalue weighted by molar-refractivity contribution is 6.14. The van der Waals surface area contributed by atoms with Gasteiger partial charge in [-0.2, -0.15) is 0 Å². The van der Waals surface area contributed by atoms with E-state index in [1.54, 1.807) is 6.92 Å². The lowest BCUT2D eigenvalue weighted by Crippen LogP contribution is -2.05. The van der Waals surface area contributed by atoms with Crippen molar-refractivity contribution in [2.24, 2.45) is 0 Å². The summed E-state index contributed by atoms with van der Waals surface area (Å²) >= 11 is 0. The summed E-state index contributed by atoms with van der Waals surface area (Å²) in [6, 6.07) is 10.3. The van der Waals surface area contributed by atoms with Crippen molar-refractivity contribution in [3.05, 3.63) is 69.5 Å². The first-order valence-corrected chi connectivity index (χ1v) is 7.51. The van der Waals surface area contributed by atoms with Crippen LogP contribution in [0.25, 0.3) is 6.08 Å². The van der Waals surface area contributed by atoms with E-state index < -0.39 is 4.92 Å². The zero-order valence-electron chi connectivity index (χ0n) is 13.2. The van der Waals surface area contributed by atoms with Gasteiger partial charge in [0.05, 0.1) is 10.5 Å². The van der Waals surface area contributed by atoms with Gasteiger partial charge in [0, 0.05) is 24.6 Å². The van der Waals surface area contributed by atoms with Gasteiger partial charge in [0.2, 0.25) is 5.78 Å². The maximum absolute atomic E-state index is 12.4. The quantitative estimate of drug-likeness (QED) is 0.278. The minimum absolute atomic E-state index is 0.0357. The Morgan fingerprint density at radius 3 is 2.60 bits per heavy atom. The summed E-state index contributed by atoms with van der Waals surface area (Å²) < 4.78 is 10.6. The Balaban J connectivity index is 1.84. The van der Waals surface area contributed by atoms with Gasteiger partial charge in [0.25, 0.3) is 5.69 Å². The third kappa shape index (κ3) is 3.40. The number of nitro benzene ring substituents is 1. The molecule has 0 N–H and O–H groups in total. The van der Waals surface area contributed by atoms with Gasteiger partial charge in [-0.05, 0) is 35.9 Å². The zero-order chi connectivity index (χ0) is 18.0. The molecule has 0 atom stereocenters. The van der Waals surface area contributed by atoms with Gasteiger partial charge in [0.15, 0.2) is 5.76 Å². The Morgan fingerprint density at radius 2 is 1.96 bits per heavy atom. The first kappa shape index (κ1) is 16.4. The lowest BCUT2D eigenvalue weighted by Gasteiger charge is -2.03. The van der Waals surface area contributed by atoms with Crippen molar-refractivity contribution in [2.45, 2.75) is 13.3 Å². The van der Waals surface area contributed by atoms with E-state index in [0.717, 1.165) is 0 Å². The van der Waals surface area contributed by atoms with Crippen molar-refractivity contribution in [3.63, 3.8) is 0 Å². The molecule has 0 saturated heterocycles. The van der Waals surface area contributed by atoms with E-state index in [1.165, 1.54) is 48.5 Å². The van der Waals surface area contributed by atoms with Gasteiger partial charge >= 0.3 is 5.97 Å². The lowest BCUT2D eigenvalue weighted by atomic mass is 10.1. The van der Waals surface area contributed by atoms with Crippen LogP contribution in [-0.2, 0) is 4.79 Å². The predicted octanol–water partition coefficient (Wildman–Crippen LogP) is 3.53. The summed E-state index contributed by atoms with van der Waals surface area (Å²) in [6.45, 7) is 1.68. The molecule has 0 amide bonds. The molecule has 0 saturated carbocycles. The number of benzene rings is 2. The molecule has 2 aromatic rings. The molecule has 0 radical (unpaired) electrons. The molecule has 7 nitrogen and oxygen atoms in total. The van der Waals surface area contributed by atoms with Gasteiger partial charge in [0.1, 0.15) is 11.5 Å². The van der Waals surface area contributed by atoms with Crippen LogP contribution in [0.3, 0.4) is 0 Å². The number of fused-ring (bicyclic) bond motifs is 1. The summed E-state index contributed by atoms with van der Waals surface area (Å²) in [5.74, 6) is 0.0185. The summed E-state index contributed by atoms with van der Waals surface area (Å²) in [4.78, 5) is 33.9. The molecule has 0 spiro atoms. The summed E-state index contributed by atoms with van der Waals surface area (Å²) in [5, 5.41) is 10.7. The monoisotopic (exact) mass is 339 g/mol. The Labute approximate surface area is 142 Å². The highest BCUT2D eigenvalue weighted by Crippen LogP contribution is 2.35. The second-order valence-corrected chi connectivity index (χ2v) is 5.27. The Morgan fingerprint density at radius 1 is 1.24 bits per heavy atom. The molecule has 0 bridgehead atoms. The first-order valence-electron chi connectivity index (χ1n) is 7.51. The molecule has 1 heterocycles. The molecule has 0 unspecified atom stereocenters. The first-order chi connectivity index (χ1) is 12.0. The third-order valence-electron chi connectivity index (χ3n) is 3.56. The number of nitro groups is 1. The average molecular weight is 339 g/mol. The molecular formula is C18H13NO6. The molecule has 1 aliphatic heterocycles. The molecule has 0 fully saturated rings. The van der Waals surface area contributed by atoms with Crippen LogP contribution >= 0.6 is 0 Å². The van der Waals surface area contributed by atoms with Gasteiger partial charge < -0.3 is 9.47 Å². The number of carbonyl (C=O) groups is 2. The smallest absolute Gasteiger partial charge is 0.310 e. The Bertz CT molecular complexity index is 898. The number of Topliss-reactive ketones (excluding diaryl/α,β-unsaturated/α-hetero) is 1. The van der Waals surface area contributed by atoms with Crippen LogP contribution in [-0.4, -0.2) is 16.7 Å². The normalized spacial score (nSPS) is 14.1. The second kappa shape index (κ2) is 6.56. The van der Waals surface area contributed by atoms with Crippen LogP contribution in [0.1, 0.15) is 29.3 Å². The van der Waals surface area contributed by atoms with E-state index in [4.69, 9.17) is 9.47 Å². The van der Waals surface area contributed by atoms with Crippen molar-refractivity contribution < 1.29 is 24.0 Å². The fourth-order valence-corrected chi connectivity index (χ4v) is 2.28. The minimum Gasteiger partial charge on any atom is -0.452 e. The zero-order valence-corrected chi connectivity index (χ0v) is 13.2. The maximum atomic E-state index is 12.4. The van der Waals surface area contributed by atoms with E-state index in [1.807, 2.05) is 0 Å². The topological polar surface area (TPSA) is 95.7 Å². The SMILES string of the molecule is CCC(=O)Oc1ccc2c(c1)OC(=Cc1ccc([N+](=O)[O-])cc1)C2=O. The number of esters is 1. The van der Waals surface area contributed by atoms with E-state index >= 15 is 0 Å². The average Bonchev–Trinajstić information content (AvgIpc) is 2.90. The van der Waals surface area contributed by atoms with Crippen LogP contribution in [0.4, 0.5) is 5.69 Å². The minimum atomic E-state index is -0.497. The van der Waals surface area contributed by atoms with E-state index in [2.05, 4.69) is 0 Å². The Hall–Kier alpha value is -3.48. The Kier molecular flexibility index (Phi) is 4.30. The lowest BCUT2D eigenvalue weighted by molar-refractivity contribution is -0.384. The fraction of sp³-hybridized carbons (Fsp3) is 0.111. The fourth-order valence-electron chi connectivity index (χ4n) is 2.28. The number of hydrogen-bond donors (Lipinski definition) is 0. The molecule has 7 heteroatoms. The standard InChI is InChI=1S/C18H13NO6/c1-2-17(20)24-13-7-8-14-15(10-13)25-16(18(14)21)9-11-3-5-12(6-4-11)19(22)23/h3-10H,2H2,1H3. The number of nitrogens with zero attached hydrogens (tertiary/aromatic N) is 1. The van der Waals surface area contributed by atoms with Crippen molar-refractivity contribution >= 4 is 23.5 Å². The highest BCUT2D eigenvalue weighted by Gasteiger charge is 2.28. The van der Waals surface area contributed by atoms with Gasteiger partial charge in [-0.25, -0.2) is 0 Å². The van der Waals surface area contributed by atoms with Crippen LogP contribution in [0.5, 0.6) is 11.5 Å².